The second-order valence-electron chi connectivity index (χ2n) is 6.28. The third-order valence-electron chi connectivity index (χ3n) is 4.20. The molecule has 0 spiro atoms. The molecule has 1 saturated heterocycles. The van der Waals surface area contributed by atoms with Crippen LogP contribution in [0.5, 0.6) is 0 Å². The molecule has 1 aliphatic heterocycles. The van der Waals surface area contributed by atoms with Crippen LogP contribution in [0.1, 0.15) is 33.1 Å². The number of carbonyl (C=O) groups excluding carboxylic acids is 1. The molecule has 0 aromatic carbocycles. The molecule has 0 aromatic heterocycles. The van der Waals surface area contributed by atoms with E-state index in [2.05, 4.69) is 17.1 Å². The Kier molecular flexibility index (Phi) is 8.15. The van der Waals surface area contributed by atoms with Crippen molar-refractivity contribution in [2.24, 2.45) is 10.9 Å². The van der Waals surface area contributed by atoms with Crippen molar-refractivity contribution in [1.29, 1.82) is 0 Å². The molecule has 1 saturated carbocycles. The van der Waals surface area contributed by atoms with Crippen molar-refractivity contribution in [2.45, 2.75) is 33.1 Å². The molecule has 0 bridgehead atoms. The van der Waals surface area contributed by atoms with Gasteiger partial charge in [-0.1, -0.05) is 0 Å². The molecule has 7 nitrogen and oxygen atoms in total. The van der Waals surface area contributed by atoms with Gasteiger partial charge in [0, 0.05) is 52.5 Å². The fourth-order valence-electron chi connectivity index (χ4n) is 2.63. The summed E-state index contributed by atoms with van der Waals surface area (Å²) in [7, 11) is 0. The fraction of sp³-hybridized carbons (Fsp3) is 0.882. The number of carbonyl (C=O) groups is 1. The van der Waals surface area contributed by atoms with Crippen LogP contribution in [0.3, 0.4) is 0 Å². The Bertz CT molecular complexity index is 405. The number of guanidine groups is 1. The van der Waals surface area contributed by atoms with Crippen LogP contribution >= 0.6 is 0 Å². The van der Waals surface area contributed by atoms with E-state index < -0.39 is 0 Å². The van der Waals surface area contributed by atoms with Crippen LogP contribution in [-0.4, -0.2) is 80.9 Å². The lowest BCUT2D eigenvalue weighted by molar-refractivity contribution is 0.0914. The maximum absolute atomic E-state index is 11.8. The van der Waals surface area contributed by atoms with Crippen molar-refractivity contribution in [3.63, 3.8) is 0 Å². The molecule has 2 fully saturated rings. The fourth-order valence-corrected chi connectivity index (χ4v) is 2.63. The third-order valence-corrected chi connectivity index (χ3v) is 4.20. The van der Waals surface area contributed by atoms with E-state index in [9.17, 15) is 4.79 Å². The van der Waals surface area contributed by atoms with E-state index in [4.69, 9.17) is 14.5 Å². The molecule has 2 aliphatic rings. The largest absolute Gasteiger partial charge is 0.450 e. The zero-order valence-corrected chi connectivity index (χ0v) is 15.1. The maximum Gasteiger partial charge on any atom is 0.409 e. The first kappa shape index (κ1) is 18.8. The average molecular weight is 340 g/mol. The van der Waals surface area contributed by atoms with Gasteiger partial charge in [-0.3, -0.25) is 4.99 Å². The normalized spacial score (nSPS) is 18.7. The van der Waals surface area contributed by atoms with E-state index in [-0.39, 0.29) is 6.09 Å². The monoisotopic (exact) mass is 340 g/mol. The van der Waals surface area contributed by atoms with E-state index in [1.807, 2.05) is 6.92 Å². The minimum atomic E-state index is -0.216. The quantitative estimate of drug-likeness (QED) is 0.412. The van der Waals surface area contributed by atoms with Gasteiger partial charge in [-0.05, 0) is 39.0 Å². The Hall–Kier alpha value is -1.50. The molecule has 1 amide bonds. The van der Waals surface area contributed by atoms with Crippen molar-refractivity contribution in [3.8, 4) is 0 Å². The highest BCUT2D eigenvalue weighted by molar-refractivity contribution is 5.80. The van der Waals surface area contributed by atoms with Gasteiger partial charge in [-0.25, -0.2) is 4.79 Å². The summed E-state index contributed by atoms with van der Waals surface area (Å²) in [5, 5.41) is 3.34. The summed E-state index contributed by atoms with van der Waals surface area (Å²) in [5.74, 6) is 1.75. The zero-order chi connectivity index (χ0) is 17.2. The van der Waals surface area contributed by atoms with Crippen LogP contribution in [0.25, 0.3) is 0 Å². The van der Waals surface area contributed by atoms with Gasteiger partial charge in [0.25, 0.3) is 0 Å². The maximum atomic E-state index is 11.8. The van der Waals surface area contributed by atoms with Gasteiger partial charge in [-0.15, -0.1) is 0 Å². The van der Waals surface area contributed by atoms with Crippen LogP contribution in [0, 0.1) is 5.92 Å². The molecule has 7 heteroatoms. The molecule has 1 heterocycles. The van der Waals surface area contributed by atoms with Gasteiger partial charge in [0.15, 0.2) is 5.96 Å². The van der Waals surface area contributed by atoms with E-state index >= 15 is 0 Å². The number of ether oxygens (including phenoxy) is 2. The molecule has 1 aliphatic carbocycles. The third kappa shape index (κ3) is 6.55. The topological polar surface area (TPSA) is 66.4 Å². The van der Waals surface area contributed by atoms with Crippen molar-refractivity contribution in [1.82, 2.24) is 15.1 Å². The molecule has 0 radical (unpaired) electrons. The smallest absolute Gasteiger partial charge is 0.409 e. The predicted molar refractivity (Wildman–Crippen MR) is 94.3 cm³/mol. The summed E-state index contributed by atoms with van der Waals surface area (Å²) in [5.41, 5.74) is 0. The lowest BCUT2D eigenvalue weighted by atomic mass is 10.3. The Morgan fingerprint density at radius 2 is 1.88 bits per heavy atom. The van der Waals surface area contributed by atoms with E-state index in [1.54, 1.807) is 4.90 Å². The van der Waals surface area contributed by atoms with Crippen LogP contribution in [0.4, 0.5) is 4.79 Å². The molecule has 2 rings (SSSR count). The number of rotatable bonds is 8. The summed E-state index contributed by atoms with van der Waals surface area (Å²) in [4.78, 5) is 20.4. The average Bonchev–Trinajstić information content (AvgIpc) is 3.41. The Morgan fingerprint density at radius 1 is 1.17 bits per heavy atom. The van der Waals surface area contributed by atoms with E-state index in [1.165, 1.54) is 12.8 Å². The van der Waals surface area contributed by atoms with E-state index in [0.717, 1.165) is 57.7 Å². The van der Waals surface area contributed by atoms with Crippen LogP contribution < -0.4 is 5.32 Å². The lowest BCUT2D eigenvalue weighted by Crippen LogP contribution is -2.53. The van der Waals surface area contributed by atoms with Gasteiger partial charge in [-0.2, -0.15) is 0 Å². The number of hydrogen-bond donors (Lipinski definition) is 1. The number of nitrogens with zero attached hydrogens (tertiary/aromatic N) is 3. The molecule has 0 aromatic rings. The number of nitrogens with one attached hydrogen (secondary N) is 1. The Balaban J connectivity index is 1.69. The summed E-state index contributed by atoms with van der Waals surface area (Å²) in [6.45, 7) is 10.6. The summed E-state index contributed by atoms with van der Waals surface area (Å²) in [6.07, 6.45) is 3.40. The first-order chi connectivity index (χ1) is 11.7. The second kappa shape index (κ2) is 10.4. The van der Waals surface area contributed by atoms with Gasteiger partial charge < -0.3 is 24.6 Å². The molecular formula is C17H32N4O3. The zero-order valence-electron chi connectivity index (χ0n) is 15.1. The first-order valence-corrected chi connectivity index (χ1v) is 9.27. The number of piperazine rings is 1. The highest BCUT2D eigenvalue weighted by Gasteiger charge is 2.23. The first-order valence-electron chi connectivity index (χ1n) is 9.27. The van der Waals surface area contributed by atoms with E-state index in [0.29, 0.717) is 19.7 Å². The molecular weight excluding hydrogens is 308 g/mol. The van der Waals surface area contributed by atoms with Crippen molar-refractivity contribution < 1.29 is 14.3 Å². The molecule has 0 atom stereocenters. The van der Waals surface area contributed by atoms with Crippen molar-refractivity contribution >= 4 is 12.1 Å². The minimum absolute atomic E-state index is 0.216. The van der Waals surface area contributed by atoms with Gasteiger partial charge in [0.1, 0.15) is 0 Å². The second-order valence-corrected chi connectivity index (χ2v) is 6.28. The van der Waals surface area contributed by atoms with Crippen molar-refractivity contribution in [2.75, 3.05) is 59.1 Å². The summed E-state index contributed by atoms with van der Waals surface area (Å²) >= 11 is 0. The van der Waals surface area contributed by atoms with Gasteiger partial charge in [0.2, 0.25) is 0 Å². The highest BCUT2D eigenvalue weighted by Crippen LogP contribution is 2.28. The Morgan fingerprint density at radius 3 is 2.50 bits per heavy atom. The molecule has 0 unspecified atom stereocenters. The van der Waals surface area contributed by atoms with Crippen LogP contribution in [-0.2, 0) is 9.47 Å². The number of hydrogen-bond acceptors (Lipinski definition) is 4. The van der Waals surface area contributed by atoms with Crippen LogP contribution in [0.15, 0.2) is 4.99 Å². The molecule has 1 N–H and O–H groups in total. The lowest BCUT2D eigenvalue weighted by Gasteiger charge is -2.35. The SMILES string of the molecule is CCNC(=NCCCOCC1CC1)N1CCN(C(=O)OCC)CC1. The number of amides is 1. The number of aliphatic imine (C=N–C) groups is 1. The summed E-state index contributed by atoms with van der Waals surface area (Å²) < 4.78 is 10.7. The Labute approximate surface area is 145 Å². The van der Waals surface area contributed by atoms with Crippen molar-refractivity contribution in [3.05, 3.63) is 0 Å². The standard InChI is InChI=1S/C17H32N4O3/c1-3-18-16(19-8-5-13-23-14-15-6-7-15)20-9-11-21(12-10-20)17(22)24-4-2/h15H,3-14H2,1-2H3,(H,18,19). The molecule has 138 valence electrons. The van der Waals surface area contributed by atoms with Gasteiger partial charge in [0.05, 0.1) is 6.61 Å². The summed E-state index contributed by atoms with van der Waals surface area (Å²) in [6, 6.07) is 0. The molecule has 24 heavy (non-hydrogen) atoms. The predicted octanol–water partition coefficient (Wildman–Crippen LogP) is 1.54. The van der Waals surface area contributed by atoms with Gasteiger partial charge >= 0.3 is 6.09 Å². The minimum Gasteiger partial charge on any atom is -0.450 e. The van der Waals surface area contributed by atoms with Crippen LogP contribution in [0.2, 0.25) is 0 Å². The highest BCUT2D eigenvalue weighted by atomic mass is 16.6.